The molecule has 0 N–H and O–H groups in total. The number of aromatic nitrogens is 1. The molecule has 112 valence electrons. The topological polar surface area (TPSA) is 50.3 Å². The maximum Gasteiger partial charge on any atom is 0.243 e. The molecule has 0 fully saturated rings. The molecule has 4 nitrogen and oxygen atoms in total. The number of nitrogens with zero attached hydrogens (tertiary/aromatic N) is 2. The van der Waals surface area contributed by atoms with Crippen LogP contribution in [0.3, 0.4) is 0 Å². The third kappa shape index (κ3) is 3.90. The van der Waals surface area contributed by atoms with E-state index in [4.69, 9.17) is 0 Å². The summed E-state index contributed by atoms with van der Waals surface area (Å²) < 4.78 is 27.8. The molecule has 0 aliphatic heterocycles. The van der Waals surface area contributed by atoms with Crippen molar-refractivity contribution in [3.63, 3.8) is 0 Å². The van der Waals surface area contributed by atoms with Crippen LogP contribution in [0.5, 0.6) is 0 Å². The SMILES string of the molecule is CC(C)N(Cc1ccccn1)S(=O)(=O)c1cccc(Br)c1. The van der Waals surface area contributed by atoms with E-state index in [1.807, 2.05) is 32.0 Å². The van der Waals surface area contributed by atoms with E-state index in [0.29, 0.717) is 0 Å². The number of rotatable bonds is 5. The van der Waals surface area contributed by atoms with Crippen LogP contribution in [-0.4, -0.2) is 23.7 Å². The molecule has 0 aliphatic carbocycles. The van der Waals surface area contributed by atoms with Gasteiger partial charge in [-0.15, -0.1) is 0 Å². The van der Waals surface area contributed by atoms with Crippen molar-refractivity contribution in [3.8, 4) is 0 Å². The molecule has 1 heterocycles. The Hall–Kier alpha value is -1.24. The van der Waals surface area contributed by atoms with Crippen molar-refractivity contribution >= 4 is 26.0 Å². The molecule has 0 radical (unpaired) electrons. The molecule has 0 aliphatic rings. The first-order valence-corrected chi connectivity index (χ1v) is 8.82. The molecule has 1 aromatic carbocycles. The quantitative estimate of drug-likeness (QED) is 0.811. The minimum atomic E-state index is -3.56. The summed E-state index contributed by atoms with van der Waals surface area (Å²) in [4.78, 5) is 4.49. The van der Waals surface area contributed by atoms with E-state index in [1.54, 1.807) is 30.5 Å². The van der Waals surface area contributed by atoms with Crippen molar-refractivity contribution in [3.05, 3.63) is 58.8 Å². The molecule has 0 amide bonds. The minimum Gasteiger partial charge on any atom is -0.260 e. The van der Waals surface area contributed by atoms with Gasteiger partial charge in [-0.3, -0.25) is 4.98 Å². The summed E-state index contributed by atoms with van der Waals surface area (Å²) in [7, 11) is -3.56. The van der Waals surface area contributed by atoms with Crippen LogP contribution >= 0.6 is 15.9 Å². The Morgan fingerprint density at radius 2 is 1.95 bits per heavy atom. The van der Waals surface area contributed by atoms with Crippen LogP contribution in [0.2, 0.25) is 0 Å². The molecular formula is C15H17BrN2O2S. The van der Waals surface area contributed by atoms with Crippen LogP contribution in [-0.2, 0) is 16.6 Å². The van der Waals surface area contributed by atoms with E-state index in [9.17, 15) is 8.42 Å². The minimum absolute atomic E-state index is 0.156. The average molecular weight is 369 g/mol. The van der Waals surface area contributed by atoms with Gasteiger partial charge in [-0.05, 0) is 44.2 Å². The van der Waals surface area contributed by atoms with Gasteiger partial charge < -0.3 is 0 Å². The van der Waals surface area contributed by atoms with E-state index in [-0.39, 0.29) is 17.5 Å². The fourth-order valence-electron chi connectivity index (χ4n) is 1.96. The zero-order valence-electron chi connectivity index (χ0n) is 11.9. The van der Waals surface area contributed by atoms with Crippen molar-refractivity contribution < 1.29 is 8.42 Å². The van der Waals surface area contributed by atoms with Gasteiger partial charge in [0.15, 0.2) is 0 Å². The van der Waals surface area contributed by atoms with E-state index >= 15 is 0 Å². The van der Waals surface area contributed by atoms with Gasteiger partial charge in [0, 0.05) is 16.7 Å². The lowest BCUT2D eigenvalue weighted by molar-refractivity contribution is 0.344. The summed E-state index contributed by atoms with van der Waals surface area (Å²) in [6.45, 7) is 3.98. The van der Waals surface area contributed by atoms with E-state index in [0.717, 1.165) is 10.2 Å². The molecule has 0 saturated carbocycles. The third-order valence-corrected chi connectivity index (χ3v) is 5.53. The largest absolute Gasteiger partial charge is 0.260 e. The third-order valence-electron chi connectivity index (χ3n) is 3.02. The van der Waals surface area contributed by atoms with Gasteiger partial charge in [-0.1, -0.05) is 28.1 Å². The van der Waals surface area contributed by atoms with Crippen LogP contribution in [0.1, 0.15) is 19.5 Å². The van der Waals surface area contributed by atoms with Crippen molar-refractivity contribution in [2.45, 2.75) is 31.3 Å². The van der Waals surface area contributed by atoms with Gasteiger partial charge in [-0.2, -0.15) is 4.31 Å². The molecule has 0 bridgehead atoms. The lowest BCUT2D eigenvalue weighted by Crippen LogP contribution is -2.36. The number of benzene rings is 1. The zero-order valence-corrected chi connectivity index (χ0v) is 14.3. The van der Waals surface area contributed by atoms with Crippen molar-refractivity contribution in [1.82, 2.24) is 9.29 Å². The van der Waals surface area contributed by atoms with Gasteiger partial charge in [0.2, 0.25) is 10.0 Å². The summed E-state index contributed by atoms with van der Waals surface area (Å²) in [6, 6.07) is 12.1. The highest BCUT2D eigenvalue weighted by Gasteiger charge is 2.27. The first-order chi connectivity index (χ1) is 9.91. The average Bonchev–Trinajstić information content (AvgIpc) is 2.45. The smallest absolute Gasteiger partial charge is 0.243 e. The van der Waals surface area contributed by atoms with Crippen molar-refractivity contribution in [1.29, 1.82) is 0 Å². The second kappa shape index (κ2) is 6.68. The van der Waals surface area contributed by atoms with Gasteiger partial charge in [-0.25, -0.2) is 8.42 Å². The standard InChI is InChI=1S/C15H17BrN2O2S/c1-12(2)18(11-14-7-3-4-9-17-14)21(19,20)15-8-5-6-13(16)10-15/h3-10,12H,11H2,1-2H3. The zero-order chi connectivity index (χ0) is 15.5. The predicted molar refractivity (Wildman–Crippen MR) is 86.2 cm³/mol. The van der Waals surface area contributed by atoms with E-state index in [1.165, 1.54) is 4.31 Å². The molecular weight excluding hydrogens is 352 g/mol. The normalized spacial score (nSPS) is 12.0. The van der Waals surface area contributed by atoms with Crippen LogP contribution in [0.25, 0.3) is 0 Å². The number of halogens is 1. The monoisotopic (exact) mass is 368 g/mol. The molecule has 6 heteroatoms. The molecule has 0 spiro atoms. The first-order valence-electron chi connectivity index (χ1n) is 6.58. The van der Waals surface area contributed by atoms with Crippen molar-refractivity contribution in [2.75, 3.05) is 0 Å². The number of pyridine rings is 1. The lowest BCUT2D eigenvalue weighted by Gasteiger charge is -2.25. The number of hydrogen-bond donors (Lipinski definition) is 0. The summed E-state index contributed by atoms with van der Waals surface area (Å²) in [6.07, 6.45) is 1.67. The number of hydrogen-bond acceptors (Lipinski definition) is 3. The first kappa shape index (κ1) is 16.1. The summed E-state index contributed by atoms with van der Waals surface area (Å²) >= 11 is 3.31. The van der Waals surface area contributed by atoms with Crippen LogP contribution in [0.15, 0.2) is 58.0 Å². The fourth-order valence-corrected chi connectivity index (χ4v) is 4.16. The lowest BCUT2D eigenvalue weighted by atomic mass is 10.3. The Kier molecular flexibility index (Phi) is 5.13. The second-order valence-electron chi connectivity index (χ2n) is 4.92. The highest BCUT2D eigenvalue weighted by molar-refractivity contribution is 9.10. The van der Waals surface area contributed by atoms with Gasteiger partial charge in [0.25, 0.3) is 0 Å². The van der Waals surface area contributed by atoms with Crippen LogP contribution in [0.4, 0.5) is 0 Å². The van der Waals surface area contributed by atoms with E-state index < -0.39 is 10.0 Å². The highest BCUT2D eigenvalue weighted by atomic mass is 79.9. The maximum atomic E-state index is 12.8. The maximum absolute atomic E-state index is 12.8. The molecule has 0 saturated heterocycles. The van der Waals surface area contributed by atoms with Crippen LogP contribution < -0.4 is 0 Å². The Morgan fingerprint density at radius 1 is 1.19 bits per heavy atom. The molecule has 1 aromatic heterocycles. The van der Waals surface area contributed by atoms with Gasteiger partial charge in [0.05, 0.1) is 17.1 Å². The number of sulfonamides is 1. The van der Waals surface area contributed by atoms with Gasteiger partial charge >= 0.3 is 0 Å². The molecule has 21 heavy (non-hydrogen) atoms. The Morgan fingerprint density at radius 3 is 2.52 bits per heavy atom. The molecule has 2 aromatic rings. The van der Waals surface area contributed by atoms with Gasteiger partial charge in [0.1, 0.15) is 0 Å². The Bertz CT molecular complexity index is 703. The molecule has 0 unspecified atom stereocenters. The predicted octanol–water partition coefficient (Wildman–Crippen LogP) is 3.44. The summed E-state index contributed by atoms with van der Waals surface area (Å²) in [5.41, 5.74) is 0.727. The molecule has 2 rings (SSSR count). The Balaban J connectivity index is 2.37. The van der Waals surface area contributed by atoms with E-state index in [2.05, 4.69) is 20.9 Å². The van der Waals surface area contributed by atoms with Crippen molar-refractivity contribution in [2.24, 2.45) is 0 Å². The van der Waals surface area contributed by atoms with Crippen LogP contribution in [0, 0.1) is 0 Å². The summed E-state index contributed by atoms with van der Waals surface area (Å²) in [5.74, 6) is 0. The Labute approximate surface area is 134 Å². The second-order valence-corrected chi connectivity index (χ2v) is 7.73. The highest BCUT2D eigenvalue weighted by Crippen LogP contribution is 2.23. The summed E-state index contributed by atoms with van der Waals surface area (Å²) in [5, 5.41) is 0. The fraction of sp³-hybridized carbons (Fsp3) is 0.267. The molecule has 0 atom stereocenters.